The topological polar surface area (TPSA) is 85.5 Å². The van der Waals surface area contributed by atoms with Gasteiger partial charge in [-0.25, -0.2) is 4.39 Å². The van der Waals surface area contributed by atoms with Crippen molar-refractivity contribution in [1.29, 1.82) is 0 Å². The zero-order valence-corrected chi connectivity index (χ0v) is 10.3. The molecule has 0 radical (unpaired) electrons. The SMILES string of the molecule is O=[N+]([O-])c1ccc(CO)cc1OCc1cncc(F)c1. The summed E-state index contributed by atoms with van der Waals surface area (Å²) in [5.41, 5.74) is 0.725. The van der Waals surface area contributed by atoms with Crippen LogP contribution in [0.2, 0.25) is 0 Å². The number of aromatic nitrogens is 1. The number of rotatable bonds is 5. The van der Waals surface area contributed by atoms with Crippen LogP contribution in [-0.2, 0) is 13.2 Å². The Morgan fingerprint density at radius 3 is 2.75 bits per heavy atom. The van der Waals surface area contributed by atoms with Gasteiger partial charge in [-0.1, -0.05) is 0 Å². The number of aliphatic hydroxyl groups is 1. The second-order valence-corrected chi connectivity index (χ2v) is 4.02. The Labute approximate surface area is 113 Å². The molecule has 0 saturated heterocycles. The van der Waals surface area contributed by atoms with E-state index in [1.54, 1.807) is 0 Å². The van der Waals surface area contributed by atoms with Crippen LogP contribution in [-0.4, -0.2) is 15.0 Å². The minimum atomic E-state index is -0.583. The number of aliphatic hydroxyl groups excluding tert-OH is 1. The van der Waals surface area contributed by atoms with Crippen molar-refractivity contribution in [1.82, 2.24) is 4.98 Å². The predicted octanol–water partition coefficient (Wildman–Crippen LogP) is 2.20. The molecule has 0 aliphatic heterocycles. The van der Waals surface area contributed by atoms with Crippen molar-refractivity contribution >= 4 is 5.69 Å². The first-order valence-corrected chi connectivity index (χ1v) is 5.70. The first-order chi connectivity index (χ1) is 9.60. The molecule has 1 heterocycles. The summed E-state index contributed by atoms with van der Waals surface area (Å²) in [5.74, 6) is -0.490. The van der Waals surface area contributed by atoms with Crippen LogP contribution in [0.15, 0.2) is 36.7 Å². The molecule has 2 aromatic rings. The van der Waals surface area contributed by atoms with Crippen molar-refractivity contribution in [3.8, 4) is 5.75 Å². The van der Waals surface area contributed by atoms with Gasteiger partial charge in [0.05, 0.1) is 17.7 Å². The van der Waals surface area contributed by atoms with Crippen LogP contribution in [0, 0.1) is 15.9 Å². The van der Waals surface area contributed by atoms with Gasteiger partial charge in [0, 0.05) is 17.8 Å². The molecule has 0 amide bonds. The highest BCUT2D eigenvalue weighted by molar-refractivity contribution is 5.48. The van der Waals surface area contributed by atoms with Crippen molar-refractivity contribution in [2.45, 2.75) is 13.2 Å². The van der Waals surface area contributed by atoms with Gasteiger partial charge in [-0.3, -0.25) is 15.1 Å². The minimum absolute atomic E-state index is 0.0193. The van der Waals surface area contributed by atoms with E-state index in [2.05, 4.69) is 4.98 Å². The van der Waals surface area contributed by atoms with Gasteiger partial charge in [-0.2, -0.15) is 0 Å². The van der Waals surface area contributed by atoms with Gasteiger partial charge in [0.1, 0.15) is 12.4 Å². The summed E-state index contributed by atoms with van der Waals surface area (Å²) >= 11 is 0. The molecule has 1 N–H and O–H groups in total. The van der Waals surface area contributed by atoms with Crippen molar-refractivity contribution in [2.75, 3.05) is 0 Å². The van der Waals surface area contributed by atoms with E-state index in [1.807, 2.05) is 0 Å². The Morgan fingerprint density at radius 1 is 1.30 bits per heavy atom. The molecule has 0 aliphatic carbocycles. The van der Waals surface area contributed by atoms with Crippen LogP contribution in [0.5, 0.6) is 5.75 Å². The summed E-state index contributed by atoms with van der Waals surface area (Å²) in [7, 11) is 0. The van der Waals surface area contributed by atoms with Gasteiger partial charge < -0.3 is 9.84 Å². The predicted molar refractivity (Wildman–Crippen MR) is 67.5 cm³/mol. The highest BCUT2D eigenvalue weighted by Gasteiger charge is 2.15. The fourth-order valence-corrected chi connectivity index (χ4v) is 1.62. The normalized spacial score (nSPS) is 10.3. The largest absolute Gasteiger partial charge is 0.482 e. The van der Waals surface area contributed by atoms with Crippen LogP contribution in [0.25, 0.3) is 0 Å². The molecule has 0 atom stereocenters. The van der Waals surface area contributed by atoms with Crippen LogP contribution in [0.1, 0.15) is 11.1 Å². The summed E-state index contributed by atoms with van der Waals surface area (Å²) in [4.78, 5) is 14.0. The zero-order chi connectivity index (χ0) is 14.5. The van der Waals surface area contributed by atoms with E-state index in [0.29, 0.717) is 11.1 Å². The van der Waals surface area contributed by atoms with Gasteiger partial charge in [0.15, 0.2) is 5.75 Å². The van der Waals surface area contributed by atoms with Gasteiger partial charge in [-0.05, 0) is 23.8 Å². The van der Waals surface area contributed by atoms with Crippen molar-refractivity contribution in [3.63, 3.8) is 0 Å². The summed E-state index contributed by atoms with van der Waals surface area (Å²) in [6.45, 7) is -0.309. The zero-order valence-electron chi connectivity index (χ0n) is 10.3. The van der Waals surface area contributed by atoms with Crippen LogP contribution in [0.4, 0.5) is 10.1 Å². The molecule has 2 rings (SSSR count). The Balaban J connectivity index is 2.21. The van der Waals surface area contributed by atoms with Gasteiger partial charge >= 0.3 is 5.69 Å². The lowest BCUT2D eigenvalue weighted by Gasteiger charge is -2.08. The lowest BCUT2D eigenvalue weighted by molar-refractivity contribution is -0.386. The number of hydrogen-bond donors (Lipinski definition) is 1. The third-order valence-electron chi connectivity index (χ3n) is 2.56. The third-order valence-corrected chi connectivity index (χ3v) is 2.56. The molecule has 1 aromatic carbocycles. The molecule has 7 heteroatoms. The average Bonchev–Trinajstić information content (AvgIpc) is 2.44. The molecule has 0 saturated carbocycles. The van der Waals surface area contributed by atoms with Gasteiger partial charge in [-0.15, -0.1) is 0 Å². The van der Waals surface area contributed by atoms with E-state index in [-0.39, 0.29) is 24.7 Å². The summed E-state index contributed by atoms with van der Waals surface area (Å²) in [6, 6.07) is 5.30. The van der Waals surface area contributed by atoms with Crippen molar-refractivity contribution in [3.05, 3.63) is 63.7 Å². The van der Waals surface area contributed by atoms with Gasteiger partial charge in [0.2, 0.25) is 0 Å². The number of hydrogen-bond acceptors (Lipinski definition) is 5. The number of benzene rings is 1. The van der Waals surface area contributed by atoms with Crippen LogP contribution < -0.4 is 4.74 Å². The maximum Gasteiger partial charge on any atom is 0.310 e. The van der Waals surface area contributed by atoms with E-state index in [1.165, 1.54) is 30.5 Å². The van der Waals surface area contributed by atoms with Crippen LogP contribution in [0.3, 0.4) is 0 Å². The Kier molecular flexibility index (Phi) is 4.21. The summed E-state index contributed by atoms with van der Waals surface area (Å²) in [6.07, 6.45) is 2.46. The fourth-order valence-electron chi connectivity index (χ4n) is 1.62. The molecule has 0 bridgehead atoms. The molecular formula is C13H11FN2O4. The second kappa shape index (κ2) is 6.07. The number of halogens is 1. The third kappa shape index (κ3) is 3.27. The minimum Gasteiger partial charge on any atom is -0.482 e. The quantitative estimate of drug-likeness (QED) is 0.669. The lowest BCUT2D eigenvalue weighted by Crippen LogP contribution is -2.01. The Bertz CT molecular complexity index is 634. The molecule has 20 heavy (non-hydrogen) atoms. The molecule has 0 aliphatic rings. The molecule has 6 nitrogen and oxygen atoms in total. The lowest BCUT2D eigenvalue weighted by atomic mass is 10.2. The number of nitro groups is 1. The van der Waals surface area contributed by atoms with Crippen LogP contribution >= 0.6 is 0 Å². The van der Waals surface area contributed by atoms with E-state index < -0.39 is 10.7 Å². The van der Waals surface area contributed by atoms with Crippen molar-refractivity contribution < 1.29 is 19.2 Å². The maximum atomic E-state index is 13.0. The Morgan fingerprint density at radius 2 is 2.10 bits per heavy atom. The summed E-state index contributed by atoms with van der Waals surface area (Å²) < 4.78 is 18.3. The maximum absolute atomic E-state index is 13.0. The van der Waals surface area contributed by atoms with E-state index in [0.717, 1.165) is 6.20 Å². The number of ether oxygens (including phenoxy) is 1. The van der Waals surface area contributed by atoms with E-state index in [9.17, 15) is 14.5 Å². The number of nitrogens with zero attached hydrogens (tertiary/aromatic N) is 2. The van der Waals surface area contributed by atoms with Gasteiger partial charge in [0.25, 0.3) is 0 Å². The smallest absolute Gasteiger partial charge is 0.310 e. The van der Waals surface area contributed by atoms with E-state index >= 15 is 0 Å². The summed E-state index contributed by atoms with van der Waals surface area (Å²) in [5, 5.41) is 19.9. The molecule has 1 aromatic heterocycles. The molecular weight excluding hydrogens is 267 g/mol. The van der Waals surface area contributed by atoms with Crippen molar-refractivity contribution in [2.24, 2.45) is 0 Å². The first-order valence-electron chi connectivity index (χ1n) is 5.70. The molecule has 104 valence electrons. The molecule has 0 fully saturated rings. The second-order valence-electron chi connectivity index (χ2n) is 4.02. The monoisotopic (exact) mass is 278 g/mol. The first kappa shape index (κ1) is 13.9. The fraction of sp³-hybridized carbons (Fsp3) is 0.154. The number of nitro benzene ring substituents is 1. The standard InChI is InChI=1S/C13H11FN2O4/c14-11-3-10(5-15-6-11)8-20-13-4-9(7-17)1-2-12(13)16(18)19/h1-6,17H,7-8H2. The van der Waals surface area contributed by atoms with E-state index in [4.69, 9.17) is 9.84 Å². The highest BCUT2D eigenvalue weighted by Crippen LogP contribution is 2.28. The highest BCUT2D eigenvalue weighted by atomic mass is 19.1. The molecule has 0 unspecified atom stereocenters. The Hall–Kier alpha value is -2.54. The average molecular weight is 278 g/mol. The number of pyridine rings is 1. The molecule has 0 spiro atoms.